The number of sulfonamides is 1. The van der Waals surface area contributed by atoms with Crippen molar-refractivity contribution in [1.29, 1.82) is 0 Å². The smallest absolute Gasteiger partial charge is 0.341 e. The average molecular weight is 503 g/mol. The molecule has 1 saturated heterocycles. The van der Waals surface area contributed by atoms with Crippen molar-refractivity contribution < 1.29 is 22.7 Å². The second-order valence-corrected chi connectivity index (χ2v) is 12.8. The minimum absolute atomic E-state index is 0.119. The fourth-order valence-electron chi connectivity index (χ4n) is 4.19. The van der Waals surface area contributed by atoms with Crippen LogP contribution in [-0.4, -0.2) is 44.3 Å². The Balaban J connectivity index is 1.61. The predicted octanol–water partition coefficient (Wildman–Crippen LogP) is 4.17. The van der Waals surface area contributed by atoms with Crippen LogP contribution in [0.3, 0.4) is 0 Å². The number of anilines is 1. The lowest BCUT2D eigenvalue weighted by Crippen LogP contribution is -2.42. The number of hydrogen-bond donors (Lipinski definition) is 1. The molecule has 3 heterocycles. The number of methoxy groups -OCH3 is 1. The first-order valence-electron chi connectivity index (χ1n) is 10.0. The molecule has 168 valence electrons. The Bertz CT molecular complexity index is 1120. The number of carbonyl (C=O) groups is 2. The molecule has 0 spiro atoms. The molecule has 2 aromatic heterocycles. The van der Waals surface area contributed by atoms with Crippen molar-refractivity contribution in [3.8, 4) is 0 Å². The minimum atomic E-state index is -3.83. The molecular weight excluding hydrogens is 480 g/mol. The van der Waals surface area contributed by atoms with E-state index < -0.39 is 27.9 Å². The highest BCUT2D eigenvalue weighted by Crippen LogP contribution is 2.40. The molecule has 2 unspecified atom stereocenters. The van der Waals surface area contributed by atoms with Gasteiger partial charge in [0, 0.05) is 11.4 Å². The van der Waals surface area contributed by atoms with Crippen LogP contribution in [0.5, 0.6) is 0 Å². The number of fused-ring (bicyclic) bond motifs is 1. The summed E-state index contributed by atoms with van der Waals surface area (Å²) in [4.78, 5) is 26.7. The lowest BCUT2D eigenvalue weighted by molar-refractivity contribution is -0.119. The van der Waals surface area contributed by atoms with Crippen molar-refractivity contribution in [2.24, 2.45) is 5.92 Å². The molecule has 0 aromatic carbocycles. The van der Waals surface area contributed by atoms with Crippen LogP contribution in [-0.2, 0) is 32.4 Å². The van der Waals surface area contributed by atoms with E-state index in [2.05, 4.69) is 12.2 Å². The third kappa shape index (κ3) is 4.28. The molecule has 0 saturated carbocycles. The molecule has 31 heavy (non-hydrogen) atoms. The summed E-state index contributed by atoms with van der Waals surface area (Å²) < 4.78 is 32.8. The molecule has 2 aliphatic rings. The van der Waals surface area contributed by atoms with Gasteiger partial charge in [-0.25, -0.2) is 13.2 Å². The monoisotopic (exact) mass is 502 g/mol. The second-order valence-electron chi connectivity index (χ2n) is 7.87. The molecule has 2 atom stereocenters. The molecule has 1 amide bonds. The first-order valence-corrected chi connectivity index (χ1v) is 13.5. The predicted molar refractivity (Wildman–Crippen MR) is 122 cm³/mol. The number of hydrogen-bond acceptors (Lipinski definition) is 7. The number of rotatable bonds is 5. The SMILES string of the molecule is COC(=O)c1c(NC(=O)C2CCCN2S(=O)(=O)c2ccc(Cl)s2)sc2c1CCC(C)C2. The summed E-state index contributed by atoms with van der Waals surface area (Å²) in [5, 5.41) is 3.29. The topological polar surface area (TPSA) is 92.8 Å². The first kappa shape index (κ1) is 22.7. The van der Waals surface area contributed by atoms with Crippen molar-refractivity contribution in [2.45, 2.75) is 49.3 Å². The Morgan fingerprint density at radius 3 is 2.71 bits per heavy atom. The summed E-state index contributed by atoms with van der Waals surface area (Å²) in [6, 6.07) is 2.15. The molecule has 2 aromatic rings. The highest BCUT2D eigenvalue weighted by Gasteiger charge is 2.41. The van der Waals surface area contributed by atoms with E-state index in [1.54, 1.807) is 0 Å². The molecule has 0 bridgehead atoms. The van der Waals surface area contributed by atoms with Gasteiger partial charge in [-0.3, -0.25) is 4.79 Å². The molecule has 1 N–H and O–H groups in total. The summed E-state index contributed by atoms with van der Waals surface area (Å²) in [7, 11) is -2.51. The van der Waals surface area contributed by atoms with Gasteiger partial charge in [0.2, 0.25) is 5.91 Å². The van der Waals surface area contributed by atoms with Crippen LogP contribution >= 0.6 is 34.3 Å². The summed E-state index contributed by atoms with van der Waals surface area (Å²) in [5.74, 6) is -0.403. The van der Waals surface area contributed by atoms with Crippen molar-refractivity contribution in [1.82, 2.24) is 4.31 Å². The van der Waals surface area contributed by atoms with Gasteiger partial charge in [-0.2, -0.15) is 4.31 Å². The van der Waals surface area contributed by atoms with Gasteiger partial charge in [-0.05, 0) is 55.7 Å². The van der Waals surface area contributed by atoms with Crippen LogP contribution in [0.2, 0.25) is 4.34 Å². The van der Waals surface area contributed by atoms with Crippen molar-refractivity contribution in [3.05, 3.63) is 32.5 Å². The Kier molecular flexibility index (Phi) is 6.47. The molecule has 1 aliphatic carbocycles. The van der Waals surface area contributed by atoms with E-state index in [0.717, 1.165) is 41.0 Å². The van der Waals surface area contributed by atoms with Gasteiger partial charge in [0.15, 0.2) is 0 Å². The van der Waals surface area contributed by atoms with Crippen LogP contribution in [0.25, 0.3) is 0 Å². The lowest BCUT2D eigenvalue weighted by Gasteiger charge is -2.22. The maximum atomic E-state index is 13.2. The van der Waals surface area contributed by atoms with E-state index in [0.29, 0.717) is 33.7 Å². The summed E-state index contributed by atoms with van der Waals surface area (Å²) >= 11 is 8.27. The van der Waals surface area contributed by atoms with Crippen LogP contribution in [0.15, 0.2) is 16.3 Å². The van der Waals surface area contributed by atoms with E-state index in [1.165, 1.54) is 34.9 Å². The molecule has 4 rings (SSSR count). The first-order chi connectivity index (χ1) is 14.7. The minimum Gasteiger partial charge on any atom is -0.465 e. The van der Waals surface area contributed by atoms with Crippen molar-refractivity contribution in [2.75, 3.05) is 19.0 Å². The van der Waals surface area contributed by atoms with E-state index in [1.807, 2.05) is 0 Å². The third-order valence-electron chi connectivity index (χ3n) is 5.76. The third-order valence-corrected chi connectivity index (χ3v) is 10.5. The Hall–Kier alpha value is -1.46. The number of thiophene rings is 2. The van der Waals surface area contributed by atoms with Crippen LogP contribution < -0.4 is 5.32 Å². The van der Waals surface area contributed by atoms with Gasteiger partial charge in [-0.15, -0.1) is 22.7 Å². The van der Waals surface area contributed by atoms with Gasteiger partial charge in [0.25, 0.3) is 10.0 Å². The number of carbonyl (C=O) groups excluding carboxylic acids is 2. The van der Waals surface area contributed by atoms with E-state index in [4.69, 9.17) is 16.3 Å². The number of amides is 1. The number of esters is 1. The zero-order valence-electron chi connectivity index (χ0n) is 17.1. The van der Waals surface area contributed by atoms with Crippen molar-refractivity contribution >= 4 is 61.2 Å². The quantitative estimate of drug-likeness (QED) is 0.619. The largest absolute Gasteiger partial charge is 0.465 e. The highest BCUT2D eigenvalue weighted by atomic mass is 35.5. The lowest BCUT2D eigenvalue weighted by atomic mass is 9.88. The normalized spacial score (nSPS) is 21.6. The molecule has 1 fully saturated rings. The van der Waals surface area contributed by atoms with Gasteiger partial charge < -0.3 is 10.1 Å². The van der Waals surface area contributed by atoms with Gasteiger partial charge >= 0.3 is 5.97 Å². The maximum absolute atomic E-state index is 13.2. The summed E-state index contributed by atoms with van der Waals surface area (Å²) in [5.41, 5.74) is 1.34. The number of nitrogens with one attached hydrogen (secondary N) is 1. The van der Waals surface area contributed by atoms with Gasteiger partial charge in [0.05, 0.1) is 17.0 Å². The maximum Gasteiger partial charge on any atom is 0.341 e. The van der Waals surface area contributed by atoms with Crippen LogP contribution in [0.1, 0.15) is 47.0 Å². The highest BCUT2D eigenvalue weighted by molar-refractivity contribution is 7.91. The Morgan fingerprint density at radius 2 is 2.03 bits per heavy atom. The van der Waals surface area contributed by atoms with Gasteiger partial charge in [-0.1, -0.05) is 18.5 Å². The zero-order chi connectivity index (χ0) is 22.3. The number of nitrogens with zero attached hydrogens (tertiary/aromatic N) is 1. The van der Waals surface area contributed by atoms with E-state index >= 15 is 0 Å². The fraction of sp³-hybridized carbons (Fsp3) is 0.500. The average Bonchev–Trinajstić information content (AvgIpc) is 3.45. The van der Waals surface area contributed by atoms with Crippen LogP contribution in [0.4, 0.5) is 5.00 Å². The van der Waals surface area contributed by atoms with Crippen molar-refractivity contribution in [3.63, 3.8) is 0 Å². The van der Waals surface area contributed by atoms with Gasteiger partial charge in [0.1, 0.15) is 15.3 Å². The molecule has 0 radical (unpaired) electrons. The summed E-state index contributed by atoms with van der Waals surface area (Å²) in [6.45, 7) is 2.43. The molecule has 7 nitrogen and oxygen atoms in total. The van der Waals surface area contributed by atoms with E-state index in [-0.39, 0.29) is 10.8 Å². The molecular formula is C20H23ClN2O5S3. The zero-order valence-corrected chi connectivity index (χ0v) is 20.3. The second kappa shape index (κ2) is 8.82. The van der Waals surface area contributed by atoms with E-state index in [9.17, 15) is 18.0 Å². The molecule has 1 aliphatic heterocycles. The Morgan fingerprint density at radius 1 is 1.26 bits per heavy atom. The summed E-state index contributed by atoms with van der Waals surface area (Å²) in [6.07, 6.45) is 3.58. The van der Waals surface area contributed by atoms with Crippen LogP contribution in [0, 0.1) is 5.92 Å². The Labute approximate surface area is 194 Å². The molecule has 11 heteroatoms. The number of ether oxygens (including phenoxy) is 1. The number of halogens is 1. The fourth-order valence-corrected chi connectivity index (χ4v) is 8.86. The standard InChI is InChI=1S/C20H23ClN2O5S3/c1-11-5-6-12-14(10-11)29-19(17(12)20(25)28-2)22-18(24)13-4-3-9-23(13)31(26,27)16-8-7-15(21)30-16/h7-8,11,13H,3-6,9-10H2,1-2H3,(H,22,24).